The Morgan fingerprint density at radius 3 is 2.67 bits per heavy atom. The van der Waals surface area contributed by atoms with Gasteiger partial charge in [0.15, 0.2) is 6.10 Å². The summed E-state index contributed by atoms with van der Waals surface area (Å²) in [5, 5.41) is 2.73. The Labute approximate surface area is 139 Å². The highest BCUT2D eigenvalue weighted by molar-refractivity contribution is 5.97. The van der Waals surface area contributed by atoms with Crippen LogP contribution in [-0.4, -0.2) is 18.0 Å². The topological polar surface area (TPSA) is 55.4 Å². The molecular weight excluding hydrogens is 309 g/mol. The van der Waals surface area contributed by atoms with Gasteiger partial charge in [-0.05, 0) is 61.6 Å². The van der Waals surface area contributed by atoms with Crippen LogP contribution in [0.25, 0.3) is 0 Å². The summed E-state index contributed by atoms with van der Waals surface area (Å²) in [6.07, 6.45) is 2.19. The summed E-state index contributed by atoms with van der Waals surface area (Å²) in [6.45, 7) is 1.46. The monoisotopic (exact) mass is 327 g/mol. The number of esters is 1. The number of amides is 1. The van der Waals surface area contributed by atoms with E-state index < -0.39 is 23.8 Å². The third kappa shape index (κ3) is 3.45. The number of carbonyl (C=O) groups is 2. The van der Waals surface area contributed by atoms with E-state index in [2.05, 4.69) is 5.32 Å². The van der Waals surface area contributed by atoms with Gasteiger partial charge in [-0.25, -0.2) is 9.18 Å². The lowest BCUT2D eigenvalue weighted by Gasteiger charge is -2.14. The molecule has 0 bridgehead atoms. The lowest BCUT2D eigenvalue weighted by atomic mass is 10.1. The predicted molar refractivity (Wildman–Crippen MR) is 88.4 cm³/mol. The number of carbonyl (C=O) groups excluding carboxylic acids is 2. The molecule has 3 rings (SSSR count). The van der Waals surface area contributed by atoms with Crippen molar-refractivity contribution in [1.29, 1.82) is 0 Å². The van der Waals surface area contributed by atoms with Gasteiger partial charge >= 0.3 is 5.97 Å². The summed E-state index contributed by atoms with van der Waals surface area (Å²) in [6, 6.07) is 11.3. The zero-order chi connectivity index (χ0) is 17.1. The van der Waals surface area contributed by atoms with E-state index in [9.17, 15) is 14.0 Å². The molecule has 0 saturated heterocycles. The summed E-state index contributed by atoms with van der Waals surface area (Å²) >= 11 is 0. The van der Waals surface area contributed by atoms with E-state index in [1.54, 1.807) is 0 Å². The number of halogens is 1. The van der Waals surface area contributed by atoms with Crippen molar-refractivity contribution in [3.8, 4) is 0 Å². The third-order valence-electron chi connectivity index (χ3n) is 4.11. The second-order valence-electron chi connectivity index (χ2n) is 5.85. The zero-order valence-electron chi connectivity index (χ0n) is 13.3. The fourth-order valence-electron chi connectivity index (χ4n) is 2.80. The first-order chi connectivity index (χ1) is 11.5. The molecule has 0 heterocycles. The Morgan fingerprint density at radius 1 is 1.12 bits per heavy atom. The highest BCUT2D eigenvalue weighted by Crippen LogP contribution is 2.25. The first kappa shape index (κ1) is 16.2. The largest absolute Gasteiger partial charge is 0.449 e. The van der Waals surface area contributed by atoms with Crippen LogP contribution < -0.4 is 5.32 Å². The lowest BCUT2D eigenvalue weighted by molar-refractivity contribution is -0.123. The molecular formula is C19H18FNO3. The number of benzene rings is 2. The maximum Gasteiger partial charge on any atom is 0.341 e. The summed E-state index contributed by atoms with van der Waals surface area (Å²) in [5.74, 6) is -1.98. The van der Waals surface area contributed by atoms with Crippen LogP contribution in [-0.2, 0) is 22.4 Å². The minimum Gasteiger partial charge on any atom is -0.449 e. The van der Waals surface area contributed by atoms with Crippen molar-refractivity contribution in [2.45, 2.75) is 32.3 Å². The molecule has 0 radical (unpaired) electrons. The Hall–Kier alpha value is -2.69. The summed E-state index contributed by atoms with van der Waals surface area (Å²) in [4.78, 5) is 24.1. The van der Waals surface area contributed by atoms with Gasteiger partial charge in [0.25, 0.3) is 5.91 Å². The standard InChI is InChI=1S/C19H18FNO3/c1-12(24-19(23)16-7-2-3-8-17(16)20)18(22)21-15-10-9-13-5-4-6-14(13)11-15/h2-3,7-12H,4-6H2,1H3,(H,21,22)/t12-/m0/s1. The molecule has 0 fully saturated rings. The molecule has 1 aliphatic rings. The molecule has 0 spiro atoms. The average Bonchev–Trinajstić information content (AvgIpc) is 3.02. The molecule has 4 nitrogen and oxygen atoms in total. The van der Waals surface area contributed by atoms with E-state index in [1.165, 1.54) is 42.3 Å². The number of hydrogen-bond acceptors (Lipinski definition) is 3. The fourth-order valence-corrected chi connectivity index (χ4v) is 2.80. The highest BCUT2D eigenvalue weighted by Gasteiger charge is 2.21. The number of ether oxygens (including phenoxy) is 1. The van der Waals surface area contributed by atoms with E-state index in [0.29, 0.717) is 5.69 Å². The van der Waals surface area contributed by atoms with E-state index >= 15 is 0 Å². The van der Waals surface area contributed by atoms with E-state index in [4.69, 9.17) is 4.74 Å². The molecule has 2 aromatic rings. The van der Waals surface area contributed by atoms with Crippen LogP contribution in [0.4, 0.5) is 10.1 Å². The van der Waals surface area contributed by atoms with Gasteiger partial charge < -0.3 is 10.1 Å². The summed E-state index contributed by atoms with van der Waals surface area (Å²) < 4.78 is 18.6. The van der Waals surface area contributed by atoms with Crippen LogP contribution in [0.3, 0.4) is 0 Å². The fraction of sp³-hybridized carbons (Fsp3) is 0.263. The number of fused-ring (bicyclic) bond motifs is 1. The highest BCUT2D eigenvalue weighted by atomic mass is 19.1. The molecule has 2 aromatic carbocycles. The van der Waals surface area contributed by atoms with Crippen LogP contribution in [0.1, 0.15) is 34.8 Å². The molecule has 1 aliphatic carbocycles. The summed E-state index contributed by atoms with van der Waals surface area (Å²) in [5.41, 5.74) is 3.04. The molecule has 0 unspecified atom stereocenters. The maximum atomic E-state index is 13.6. The maximum absolute atomic E-state index is 13.6. The molecule has 124 valence electrons. The predicted octanol–water partition coefficient (Wildman–Crippen LogP) is 3.50. The molecule has 0 aliphatic heterocycles. The minimum absolute atomic E-state index is 0.185. The van der Waals surface area contributed by atoms with Gasteiger partial charge in [0, 0.05) is 5.69 Å². The Bertz CT molecular complexity index is 788. The second-order valence-corrected chi connectivity index (χ2v) is 5.85. The smallest absolute Gasteiger partial charge is 0.341 e. The van der Waals surface area contributed by atoms with Crippen molar-refractivity contribution < 1.29 is 18.7 Å². The van der Waals surface area contributed by atoms with Crippen LogP contribution in [0.2, 0.25) is 0 Å². The number of hydrogen-bond donors (Lipinski definition) is 1. The Morgan fingerprint density at radius 2 is 1.88 bits per heavy atom. The average molecular weight is 327 g/mol. The van der Waals surface area contributed by atoms with Crippen molar-refractivity contribution in [1.82, 2.24) is 0 Å². The van der Waals surface area contributed by atoms with Crippen LogP contribution in [0.5, 0.6) is 0 Å². The molecule has 24 heavy (non-hydrogen) atoms. The van der Waals surface area contributed by atoms with Gasteiger partial charge in [-0.3, -0.25) is 4.79 Å². The van der Waals surface area contributed by atoms with E-state index in [1.807, 2.05) is 18.2 Å². The van der Waals surface area contributed by atoms with Crippen molar-refractivity contribution in [3.63, 3.8) is 0 Å². The number of nitrogens with one attached hydrogen (secondary N) is 1. The Balaban J connectivity index is 1.63. The number of rotatable bonds is 4. The molecule has 1 atom stereocenters. The van der Waals surface area contributed by atoms with Gasteiger partial charge in [0.2, 0.25) is 0 Å². The van der Waals surface area contributed by atoms with Crippen molar-refractivity contribution in [2.75, 3.05) is 5.32 Å². The van der Waals surface area contributed by atoms with Crippen LogP contribution >= 0.6 is 0 Å². The third-order valence-corrected chi connectivity index (χ3v) is 4.11. The number of aryl methyl sites for hydroxylation is 2. The SMILES string of the molecule is C[C@H](OC(=O)c1ccccc1F)C(=O)Nc1ccc2c(c1)CCC2. The van der Waals surface area contributed by atoms with Gasteiger partial charge in [-0.1, -0.05) is 18.2 Å². The summed E-state index contributed by atoms with van der Waals surface area (Å²) in [7, 11) is 0. The van der Waals surface area contributed by atoms with E-state index in [0.717, 1.165) is 19.3 Å². The normalized spacial score (nSPS) is 13.9. The van der Waals surface area contributed by atoms with Crippen molar-refractivity contribution >= 4 is 17.6 Å². The first-order valence-electron chi connectivity index (χ1n) is 7.93. The first-order valence-corrected chi connectivity index (χ1v) is 7.93. The van der Waals surface area contributed by atoms with Crippen LogP contribution in [0, 0.1) is 5.82 Å². The van der Waals surface area contributed by atoms with Gasteiger partial charge in [0.1, 0.15) is 5.82 Å². The van der Waals surface area contributed by atoms with Gasteiger partial charge in [-0.2, -0.15) is 0 Å². The second kappa shape index (κ2) is 6.83. The van der Waals surface area contributed by atoms with Crippen molar-refractivity contribution in [3.05, 3.63) is 65.0 Å². The van der Waals surface area contributed by atoms with Gasteiger partial charge in [-0.15, -0.1) is 0 Å². The quantitative estimate of drug-likeness (QED) is 0.875. The molecule has 0 aromatic heterocycles. The van der Waals surface area contributed by atoms with Gasteiger partial charge in [0.05, 0.1) is 5.56 Å². The molecule has 1 amide bonds. The zero-order valence-corrected chi connectivity index (χ0v) is 13.3. The molecule has 5 heteroatoms. The molecule has 0 saturated carbocycles. The lowest BCUT2D eigenvalue weighted by Crippen LogP contribution is -2.30. The van der Waals surface area contributed by atoms with Crippen molar-refractivity contribution in [2.24, 2.45) is 0 Å². The number of anilines is 1. The van der Waals surface area contributed by atoms with Crippen LogP contribution in [0.15, 0.2) is 42.5 Å². The molecule has 1 N–H and O–H groups in total. The minimum atomic E-state index is -1.02. The Kier molecular flexibility index (Phi) is 4.60. The van der Waals surface area contributed by atoms with E-state index in [-0.39, 0.29) is 5.56 Å².